The Hall–Kier alpha value is -1.23. The topological polar surface area (TPSA) is 89.5 Å². The van der Waals surface area contributed by atoms with E-state index in [0.29, 0.717) is 19.6 Å². The summed E-state index contributed by atoms with van der Waals surface area (Å²) >= 11 is 3.05. The number of hydrogen-bond donors (Lipinski definition) is 0. The number of carbonyl (C=O) groups is 1. The number of rotatable bonds is 7. The van der Waals surface area contributed by atoms with E-state index in [4.69, 9.17) is 4.74 Å². The third-order valence-electron chi connectivity index (χ3n) is 5.42. The maximum absolute atomic E-state index is 13.1. The number of aryl methyl sites for hydroxylation is 1. The Morgan fingerprint density at radius 3 is 2.93 bits per heavy atom. The molecule has 4 rings (SSSR count). The molecule has 0 N–H and O–H groups in total. The zero-order valence-electron chi connectivity index (χ0n) is 16.4. The smallest absolute Gasteiger partial charge is 0.233 e. The maximum atomic E-state index is 13.1. The summed E-state index contributed by atoms with van der Waals surface area (Å²) < 4.78 is 29.7. The van der Waals surface area contributed by atoms with Gasteiger partial charge in [0.05, 0.1) is 23.4 Å². The van der Waals surface area contributed by atoms with Crippen LogP contribution < -0.4 is 0 Å². The molecule has 0 aromatic carbocycles. The number of sulfone groups is 1. The first-order valence-electron chi connectivity index (χ1n) is 9.93. The van der Waals surface area contributed by atoms with Gasteiger partial charge in [0.1, 0.15) is 16.2 Å². The number of thiophene rings is 1. The van der Waals surface area contributed by atoms with Crippen LogP contribution in [-0.2, 0) is 25.8 Å². The van der Waals surface area contributed by atoms with Crippen LogP contribution in [0, 0.1) is 0 Å². The van der Waals surface area contributed by atoms with E-state index in [2.05, 4.69) is 23.0 Å². The average Bonchev–Trinajstić information content (AvgIpc) is 3.43. The second kappa shape index (κ2) is 8.87. The van der Waals surface area contributed by atoms with Gasteiger partial charge in [-0.25, -0.2) is 18.4 Å². The molecule has 0 unspecified atom stereocenters. The van der Waals surface area contributed by atoms with Crippen LogP contribution >= 0.6 is 23.1 Å². The number of carbonyl (C=O) groups excluding carboxylic acids is 1. The first-order chi connectivity index (χ1) is 13.9. The molecule has 0 spiro atoms. The van der Waals surface area contributed by atoms with Gasteiger partial charge in [-0.2, -0.15) is 0 Å². The molecule has 4 heterocycles. The van der Waals surface area contributed by atoms with E-state index in [0.717, 1.165) is 34.5 Å². The summed E-state index contributed by atoms with van der Waals surface area (Å²) in [5.74, 6) is 0.386. The summed E-state index contributed by atoms with van der Waals surface area (Å²) in [6.45, 7) is 3.28. The van der Waals surface area contributed by atoms with Crippen molar-refractivity contribution in [3.8, 4) is 0 Å². The van der Waals surface area contributed by atoms with Crippen molar-refractivity contribution in [3.63, 3.8) is 0 Å². The summed E-state index contributed by atoms with van der Waals surface area (Å²) in [6, 6.07) is 1.84. The van der Waals surface area contributed by atoms with Crippen LogP contribution in [0.15, 0.2) is 17.4 Å². The summed E-state index contributed by atoms with van der Waals surface area (Å²) in [4.78, 5) is 25.7. The molecule has 1 amide bonds. The van der Waals surface area contributed by atoms with Crippen molar-refractivity contribution >= 4 is 49.1 Å². The lowest BCUT2D eigenvalue weighted by atomic mass is 10.1. The van der Waals surface area contributed by atoms with Crippen molar-refractivity contribution in [1.29, 1.82) is 0 Å². The number of thioether (sulfide) groups is 1. The fourth-order valence-corrected chi connectivity index (χ4v) is 7.46. The minimum Gasteiger partial charge on any atom is -0.376 e. The average molecular weight is 456 g/mol. The molecule has 158 valence electrons. The largest absolute Gasteiger partial charge is 0.376 e. The quantitative estimate of drug-likeness (QED) is 0.468. The molecule has 2 fully saturated rings. The third-order valence-corrected chi connectivity index (χ3v) is 9.35. The molecule has 0 bridgehead atoms. The predicted molar refractivity (Wildman–Crippen MR) is 115 cm³/mol. The van der Waals surface area contributed by atoms with Crippen molar-refractivity contribution in [2.45, 2.75) is 49.8 Å². The lowest BCUT2D eigenvalue weighted by Gasteiger charge is -2.30. The van der Waals surface area contributed by atoms with Crippen molar-refractivity contribution in [2.24, 2.45) is 0 Å². The van der Waals surface area contributed by atoms with E-state index in [9.17, 15) is 13.2 Å². The number of fused-ring (bicyclic) bond motifs is 1. The highest BCUT2D eigenvalue weighted by atomic mass is 32.2. The minimum atomic E-state index is -3.06. The Kier molecular flexibility index (Phi) is 6.43. The van der Waals surface area contributed by atoms with Crippen LogP contribution in [0.25, 0.3) is 10.2 Å². The van der Waals surface area contributed by atoms with Gasteiger partial charge in [0.25, 0.3) is 0 Å². The number of aromatic nitrogens is 2. The Morgan fingerprint density at radius 1 is 1.38 bits per heavy atom. The van der Waals surface area contributed by atoms with Gasteiger partial charge in [0, 0.05) is 29.5 Å². The Morgan fingerprint density at radius 2 is 2.24 bits per heavy atom. The highest BCUT2D eigenvalue weighted by Crippen LogP contribution is 2.31. The maximum Gasteiger partial charge on any atom is 0.233 e. The first-order valence-corrected chi connectivity index (χ1v) is 13.5. The van der Waals surface area contributed by atoms with Crippen LogP contribution in [0.5, 0.6) is 0 Å². The summed E-state index contributed by atoms with van der Waals surface area (Å²) in [5, 5.41) is 1.79. The number of hydrogen-bond acceptors (Lipinski definition) is 8. The zero-order chi connectivity index (χ0) is 20.4. The zero-order valence-corrected chi connectivity index (χ0v) is 18.8. The molecule has 0 radical (unpaired) electrons. The van der Waals surface area contributed by atoms with Gasteiger partial charge in [-0.3, -0.25) is 4.79 Å². The van der Waals surface area contributed by atoms with Gasteiger partial charge in [0.15, 0.2) is 9.84 Å². The minimum absolute atomic E-state index is 0.00185. The molecular weight excluding hydrogens is 430 g/mol. The molecule has 2 atom stereocenters. The molecule has 2 aromatic rings. The van der Waals surface area contributed by atoms with Crippen molar-refractivity contribution in [2.75, 3.05) is 30.4 Å². The van der Waals surface area contributed by atoms with E-state index in [1.807, 2.05) is 0 Å². The SMILES string of the molecule is CCc1cc2c(SCC(=O)N(C[C@H]3CCCO3)[C@H]3CCS(=O)(=O)C3)ncnc2s1. The van der Waals surface area contributed by atoms with E-state index in [-0.39, 0.29) is 35.3 Å². The molecular formula is C19H25N3O4S3. The second-order valence-corrected chi connectivity index (χ2v) is 11.8. The van der Waals surface area contributed by atoms with E-state index in [1.54, 1.807) is 22.6 Å². The summed E-state index contributed by atoms with van der Waals surface area (Å²) in [6.07, 6.45) is 4.89. The molecule has 0 saturated carbocycles. The normalized spacial score (nSPS) is 23.6. The van der Waals surface area contributed by atoms with Crippen LogP contribution in [0.2, 0.25) is 0 Å². The predicted octanol–water partition coefficient (Wildman–Crippen LogP) is 2.54. The molecule has 29 heavy (non-hydrogen) atoms. The third kappa shape index (κ3) is 4.92. The fraction of sp³-hybridized carbons (Fsp3) is 0.632. The molecule has 2 saturated heterocycles. The van der Waals surface area contributed by atoms with Crippen molar-refractivity contribution in [1.82, 2.24) is 14.9 Å². The van der Waals surface area contributed by atoms with Crippen LogP contribution in [0.4, 0.5) is 0 Å². The highest BCUT2D eigenvalue weighted by molar-refractivity contribution is 8.00. The van der Waals surface area contributed by atoms with Gasteiger partial charge in [-0.05, 0) is 31.7 Å². The Balaban J connectivity index is 1.48. The number of nitrogens with zero attached hydrogens (tertiary/aromatic N) is 3. The number of ether oxygens (including phenoxy) is 1. The van der Waals surface area contributed by atoms with Gasteiger partial charge in [-0.15, -0.1) is 11.3 Å². The van der Waals surface area contributed by atoms with Gasteiger partial charge < -0.3 is 9.64 Å². The summed E-state index contributed by atoms with van der Waals surface area (Å²) in [5.41, 5.74) is 0. The van der Waals surface area contributed by atoms with E-state index < -0.39 is 9.84 Å². The van der Waals surface area contributed by atoms with E-state index >= 15 is 0 Å². The molecule has 2 aliphatic rings. The molecule has 2 aromatic heterocycles. The monoisotopic (exact) mass is 455 g/mol. The van der Waals surface area contributed by atoms with Crippen molar-refractivity contribution < 1.29 is 17.9 Å². The Bertz CT molecular complexity index is 986. The first kappa shape index (κ1) is 21.0. The number of amides is 1. The fourth-order valence-electron chi connectivity index (χ4n) is 3.87. The van der Waals surface area contributed by atoms with E-state index in [1.165, 1.54) is 16.6 Å². The highest BCUT2D eigenvalue weighted by Gasteiger charge is 2.36. The van der Waals surface area contributed by atoms with Crippen LogP contribution in [0.1, 0.15) is 31.1 Å². The molecule has 2 aliphatic heterocycles. The molecule has 10 heteroatoms. The lowest BCUT2D eigenvalue weighted by Crippen LogP contribution is -2.46. The van der Waals surface area contributed by atoms with Crippen LogP contribution in [-0.4, -0.2) is 71.7 Å². The summed E-state index contributed by atoms with van der Waals surface area (Å²) in [7, 11) is -3.06. The van der Waals surface area contributed by atoms with Gasteiger partial charge in [-0.1, -0.05) is 18.7 Å². The van der Waals surface area contributed by atoms with Crippen molar-refractivity contribution in [3.05, 3.63) is 17.3 Å². The van der Waals surface area contributed by atoms with Gasteiger partial charge in [0.2, 0.25) is 5.91 Å². The Labute approximate surface area is 179 Å². The molecule has 7 nitrogen and oxygen atoms in total. The van der Waals surface area contributed by atoms with Gasteiger partial charge >= 0.3 is 0 Å². The standard InChI is InChI=1S/C19H25N3O4S3/c1-2-15-8-16-18(20-12-21-19(16)28-15)27-10-17(23)22(9-14-4-3-6-26-14)13-5-7-29(24,25)11-13/h8,12-14H,2-7,9-11H2,1H3/t13-,14+/m0/s1. The lowest BCUT2D eigenvalue weighted by molar-refractivity contribution is -0.131. The molecule has 0 aliphatic carbocycles. The second-order valence-electron chi connectivity index (χ2n) is 7.49. The van der Waals surface area contributed by atoms with Crippen LogP contribution in [0.3, 0.4) is 0 Å².